The monoisotopic (exact) mass is 297 g/mol. The van der Waals surface area contributed by atoms with E-state index >= 15 is 0 Å². The fourth-order valence-electron chi connectivity index (χ4n) is 2.28. The van der Waals surface area contributed by atoms with Crippen LogP contribution in [-0.2, 0) is 4.79 Å². The van der Waals surface area contributed by atoms with Crippen molar-refractivity contribution in [3.05, 3.63) is 58.7 Å². The van der Waals surface area contributed by atoms with Crippen LogP contribution in [0.15, 0.2) is 36.4 Å². The summed E-state index contributed by atoms with van der Waals surface area (Å²) in [4.78, 5) is 12.3. The number of nitrogens with one attached hydrogen (secondary N) is 1. The van der Waals surface area contributed by atoms with E-state index in [9.17, 15) is 4.79 Å². The van der Waals surface area contributed by atoms with Gasteiger partial charge in [-0.2, -0.15) is 0 Å². The zero-order chi connectivity index (χ0) is 16.3. The highest BCUT2D eigenvalue weighted by Gasteiger charge is 2.17. The predicted molar refractivity (Wildman–Crippen MR) is 90.6 cm³/mol. The zero-order valence-corrected chi connectivity index (χ0v) is 13.9. The van der Waals surface area contributed by atoms with Gasteiger partial charge in [-0.1, -0.05) is 24.3 Å². The lowest BCUT2D eigenvalue weighted by Gasteiger charge is -2.18. The second-order valence-corrected chi connectivity index (χ2v) is 5.77. The summed E-state index contributed by atoms with van der Waals surface area (Å²) in [5, 5.41) is 2.90. The number of carbonyl (C=O) groups is 1. The number of amides is 1. The van der Waals surface area contributed by atoms with Gasteiger partial charge in [-0.05, 0) is 69.0 Å². The molecule has 0 aromatic heterocycles. The van der Waals surface area contributed by atoms with Gasteiger partial charge in [0.1, 0.15) is 5.75 Å². The highest BCUT2D eigenvalue weighted by atomic mass is 16.5. The minimum Gasteiger partial charge on any atom is -0.480 e. The number of aryl methyl sites for hydroxylation is 4. The molecule has 22 heavy (non-hydrogen) atoms. The SMILES string of the molecule is Cc1ccc(NC(=O)[C@H](C)Oc2c(C)cccc2C)cc1C. The Bertz CT molecular complexity index is 672. The molecule has 0 unspecified atom stereocenters. The first-order chi connectivity index (χ1) is 10.4. The summed E-state index contributed by atoms with van der Waals surface area (Å²) in [6.07, 6.45) is -0.554. The van der Waals surface area contributed by atoms with Gasteiger partial charge in [-0.15, -0.1) is 0 Å². The molecule has 2 rings (SSSR count). The maximum Gasteiger partial charge on any atom is 0.265 e. The van der Waals surface area contributed by atoms with Crippen molar-refractivity contribution in [1.82, 2.24) is 0 Å². The second kappa shape index (κ2) is 6.65. The maximum absolute atomic E-state index is 12.3. The van der Waals surface area contributed by atoms with Crippen LogP contribution in [0.25, 0.3) is 0 Å². The third-order valence-electron chi connectivity index (χ3n) is 3.85. The van der Waals surface area contributed by atoms with Crippen molar-refractivity contribution in [2.45, 2.75) is 40.7 Å². The van der Waals surface area contributed by atoms with Crippen molar-refractivity contribution in [1.29, 1.82) is 0 Å². The Morgan fingerprint density at radius 3 is 2.18 bits per heavy atom. The number of ether oxygens (including phenoxy) is 1. The van der Waals surface area contributed by atoms with Crippen LogP contribution in [0.5, 0.6) is 5.75 Å². The standard InChI is InChI=1S/C19H23NO2/c1-12-9-10-17(11-15(12)4)20-19(21)16(5)22-18-13(2)7-6-8-14(18)3/h6-11,16H,1-5H3,(H,20,21)/t16-/m0/s1. The number of carbonyl (C=O) groups excluding carboxylic acids is 1. The summed E-state index contributed by atoms with van der Waals surface area (Å²) in [6, 6.07) is 11.8. The third kappa shape index (κ3) is 3.67. The van der Waals surface area contributed by atoms with Gasteiger partial charge in [0.2, 0.25) is 0 Å². The van der Waals surface area contributed by atoms with Crippen LogP contribution in [0, 0.1) is 27.7 Å². The van der Waals surface area contributed by atoms with E-state index in [2.05, 4.69) is 5.32 Å². The summed E-state index contributed by atoms with van der Waals surface area (Å²) in [5.74, 6) is 0.635. The van der Waals surface area contributed by atoms with Crippen LogP contribution in [0.1, 0.15) is 29.2 Å². The molecule has 116 valence electrons. The Balaban J connectivity index is 2.07. The molecule has 0 spiro atoms. The molecule has 3 nitrogen and oxygen atoms in total. The molecule has 0 aliphatic carbocycles. The van der Waals surface area contributed by atoms with E-state index in [1.54, 1.807) is 6.92 Å². The molecular weight excluding hydrogens is 274 g/mol. The molecule has 1 N–H and O–H groups in total. The number of rotatable bonds is 4. The van der Waals surface area contributed by atoms with Crippen LogP contribution < -0.4 is 10.1 Å². The lowest BCUT2D eigenvalue weighted by Crippen LogP contribution is -2.30. The Morgan fingerprint density at radius 2 is 1.59 bits per heavy atom. The zero-order valence-electron chi connectivity index (χ0n) is 13.9. The molecule has 0 saturated heterocycles. The van der Waals surface area contributed by atoms with E-state index in [1.807, 2.05) is 64.1 Å². The van der Waals surface area contributed by atoms with Crippen LogP contribution in [-0.4, -0.2) is 12.0 Å². The third-order valence-corrected chi connectivity index (χ3v) is 3.85. The van der Waals surface area contributed by atoms with Crippen molar-refractivity contribution in [3.63, 3.8) is 0 Å². The summed E-state index contributed by atoms with van der Waals surface area (Å²) >= 11 is 0. The van der Waals surface area contributed by atoms with Crippen LogP contribution in [0.3, 0.4) is 0 Å². The molecule has 0 bridgehead atoms. The topological polar surface area (TPSA) is 38.3 Å². The second-order valence-electron chi connectivity index (χ2n) is 5.77. The van der Waals surface area contributed by atoms with Gasteiger partial charge in [0.25, 0.3) is 5.91 Å². The van der Waals surface area contributed by atoms with Gasteiger partial charge in [0, 0.05) is 5.69 Å². The molecule has 0 radical (unpaired) electrons. The lowest BCUT2D eigenvalue weighted by molar-refractivity contribution is -0.122. The number of benzene rings is 2. The molecular formula is C19H23NO2. The average Bonchev–Trinajstić information content (AvgIpc) is 2.46. The first-order valence-electron chi connectivity index (χ1n) is 7.49. The smallest absolute Gasteiger partial charge is 0.265 e. The first kappa shape index (κ1) is 16.1. The van der Waals surface area contributed by atoms with E-state index in [0.29, 0.717) is 0 Å². The van der Waals surface area contributed by atoms with Crippen molar-refractivity contribution >= 4 is 11.6 Å². The van der Waals surface area contributed by atoms with Crippen molar-refractivity contribution in [2.24, 2.45) is 0 Å². The normalized spacial score (nSPS) is 11.9. The quantitative estimate of drug-likeness (QED) is 0.912. The van der Waals surface area contributed by atoms with Crippen LogP contribution >= 0.6 is 0 Å². The van der Waals surface area contributed by atoms with Crippen molar-refractivity contribution < 1.29 is 9.53 Å². The first-order valence-corrected chi connectivity index (χ1v) is 7.49. The lowest BCUT2D eigenvalue weighted by atomic mass is 10.1. The average molecular weight is 297 g/mol. The Hall–Kier alpha value is -2.29. The Morgan fingerprint density at radius 1 is 0.955 bits per heavy atom. The van der Waals surface area contributed by atoms with Crippen molar-refractivity contribution in [2.75, 3.05) is 5.32 Å². The van der Waals surface area contributed by atoms with E-state index in [4.69, 9.17) is 4.74 Å². The van der Waals surface area contributed by atoms with Gasteiger partial charge in [0.05, 0.1) is 0 Å². The minimum absolute atomic E-state index is 0.147. The number of hydrogen-bond acceptors (Lipinski definition) is 2. The summed E-state index contributed by atoms with van der Waals surface area (Å²) < 4.78 is 5.85. The fourth-order valence-corrected chi connectivity index (χ4v) is 2.28. The summed E-state index contributed by atoms with van der Waals surface area (Å²) in [6.45, 7) is 9.81. The number of hydrogen-bond donors (Lipinski definition) is 1. The molecule has 0 saturated carbocycles. The highest BCUT2D eigenvalue weighted by Crippen LogP contribution is 2.24. The van der Waals surface area contributed by atoms with Crippen LogP contribution in [0.4, 0.5) is 5.69 Å². The largest absolute Gasteiger partial charge is 0.480 e. The Kier molecular flexibility index (Phi) is 4.86. The molecule has 3 heteroatoms. The van der Waals surface area contributed by atoms with E-state index in [1.165, 1.54) is 5.56 Å². The molecule has 0 aliphatic rings. The highest BCUT2D eigenvalue weighted by molar-refractivity contribution is 5.94. The molecule has 1 amide bonds. The van der Waals surface area contributed by atoms with Gasteiger partial charge in [0.15, 0.2) is 6.10 Å². The maximum atomic E-state index is 12.3. The van der Waals surface area contributed by atoms with Gasteiger partial charge < -0.3 is 10.1 Å². The molecule has 0 heterocycles. The van der Waals surface area contributed by atoms with Gasteiger partial charge in [-0.25, -0.2) is 0 Å². The molecule has 2 aromatic rings. The molecule has 2 aromatic carbocycles. The molecule has 0 aliphatic heterocycles. The molecule has 0 fully saturated rings. The van der Waals surface area contributed by atoms with Crippen LogP contribution in [0.2, 0.25) is 0 Å². The number of anilines is 1. The molecule has 1 atom stereocenters. The minimum atomic E-state index is -0.554. The predicted octanol–water partition coefficient (Wildman–Crippen LogP) is 4.33. The number of para-hydroxylation sites is 1. The van der Waals surface area contributed by atoms with Crippen molar-refractivity contribution in [3.8, 4) is 5.75 Å². The van der Waals surface area contributed by atoms with Gasteiger partial charge in [-0.3, -0.25) is 4.79 Å². The summed E-state index contributed by atoms with van der Waals surface area (Å²) in [7, 11) is 0. The van der Waals surface area contributed by atoms with E-state index in [-0.39, 0.29) is 5.91 Å². The summed E-state index contributed by atoms with van der Waals surface area (Å²) in [5.41, 5.74) is 5.22. The van der Waals surface area contributed by atoms with E-state index < -0.39 is 6.10 Å². The fraction of sp³-hybridized carbons (Fsp3) is 0.316. The van der Waals surface area contributed by atoms with E-state index in [0.717, 1.165) is 28.1 Å². The van der Waals surface area contributed by atoms with Gasteiger partial charge >= 0.3 is 0 Å². The Labute approximate surface area is 132 Å².